The van der Waals surface area contributed by atoms with E-state index in [4.69, 9.17) is 5.73 Å². The minimum absolute atomic E-state index is 0.167. The molecule has 1 amide bonds. The molecule has 2 aromatic heterocycles. The third-order valence-corrected chi connectivity index (χ3v) is 1.73. The Hall–Kier alpha value is -2.57. The van der Waals surface area contributed by atoms with Crippen LogP contribution in [0.1, 0.15) is 10.5 Å². The highest BCUT2D eigenvalue weighted by Gasteiger charge is 2.08. The van der Waals surface area contributed by atoms with E-state index < -0.39 is 5.91 Å². The standard InChI is InChI=1S/C9H8N6O/c10-7-4-3-6(13-14-7)9(16)12-8-2-1-5-11-15-8/h1-5H,(H2,10,14)(H,12,15,16). The number of rotatable bonds is 2. The van der Waals surface area contributed by atoms with Crippen LogP contribution in [0.5, 0.6) is 0 Å². The summed E-state index contributed by atoms with van der Waals surface area (Å²) in [6.07, 6.45) is 1.51. The molecule has 2 aromatic rings. The van der Waals surface area contributed by atoms with Crippen molar-refractivity contribution < 1.29 is 4.79 Å². The van der Waals surface area contributed by atoms with Crippen molar-refractivity contribution in [2.24, 2.45) is 0 Å². The van der Waals surface area contributed by atoms with Crippen molar-refractivity contribution in [2.45, 2.75) is 0 Å². The maximum atomic E-state index is 11.6. The van der Waals surface area contributed by atoms with Crippen LogP contribution in [0.4, 0.5) is 11.6 Å². The lowest BCUT2D eigenvalue weighted by atomic mass is 10.3. The smallest absolute Gasteiger partial charge is 0.277 e. The molecule has 16 heavy (non-hydrogen) atoms. The molecule has 2 heterocycles. The zero-order chi connectivity index (χ0) is 11.4. The highest BCUT2D eigenvalue weighted by molar-refractivity contribution is 6.02. The summed E-state index contributed by atoms with van der Waals surface area (Å²) in [6, 6.07) is 6.26. The van der Waals surface area contributed by atoms with Gasteiger partial charge in [-0.3, -0.25) is 4.79 Å². The Kier molecular flexibility index (Phi) is 2.68. The number of carbonyl (C=O) groups is 1. The number of aromatic nitrogens is 4. The van der Waals surface area contributed by atoms with Gasteiger partial charge in [0.05, 0.1) is 0 Å². The first kappa shape index (κ1) is 9.97. The van der Waals surface area contributed by atoms with Crippen molar-refractivity contribution in [1.82, 2.24) is 20.4 Å². The molecule has 0 aliphatic heterocycles. The second-order valence-electron chi connectivity index (χ2n) is 2.91. The Bertz CT molecular complexity index is 483. The largest absolute Gasteiger partial charge is 0.382 e. The molecule has 0 radical (unpaired) electrons. The second kappa shape index (κ2) is 4.30. The maximum Gasteiger partial charge on any atom is 0.277 e. The molecule has 0 atom stereocenters. The van der Waals surface area contributed by atoms with Gasteiger partial charge in [0, 0.05) is 6.20 Å². The summed E-state index contributed by atoms with van der Waals surface area (Å²) in [4.78, 5) is 11.6. The van der Waals surface area contributed by atoms with Crippen LogP contribution in [0.2, 0.25) is 0 Å². The lowest BCUT2D eigenvalue weighted by molar-refractivity contribution is 0.102. The van der Waals surface area contributed by atoms with Gasteiger partial charge >= 0.3 is 0 Å². The van der Waals surface area contributed by atoms with E-state index in [0.717, 1.165) is 0 Å². The average molecular weight is 216 g/mol. The molecule has 3 N–H and O–H groups in total. The first-order chi connectivity index (χ1) is 7.75. The van der Waals surface area contributed by atoms with E-state index in [2.05, 4.69) is 25.7 Å². The van der Waals surface area contributed by atoms with Crippen molar-refractivity contribution in [3.05, 3.63) is 36.2 Å². The number of nitrogen functional groups attached to an aromatic ring is 1. The molecule has 0 spiro atoms. The molecule has 0 fully saturated rings. The number of nitrogens with one attached hydrogen (secondary N) is 1. The summed E-state index contributed by atoms with van der Waals surface area (Å²) in [5.41, 5.74) is 5.52. The van der Waals surface area contributed by atoms with Gasteiger partial charge in [0.2, 0.25) is 0 Å². The van der Waals surface area contributed by atoms with E-state index in [-0.39, 0.29) is 11.5 Å². The first-order valence-corrected chi connectivity index (χ1v) is 4.44. The molecule has 80 valence electrons. The molecular formula is C9H8N6O. The number of anilines is 2. The molecule has 0 unspecified atom stereocenters. The lowest BCUT2D eigenvalue weighted by Gasteiger charge is -2.01. The van der Waals surface area contributed by atoms with Crippen LogP contribution < -0.4 is 11.1 Å². The lowest BCUT2D eigenvalue weighted by Crippen LogP contribution is -2.15. The maximum absolute atomic E-state index is 11.6. The Morgan fingerprint density at radius 1 is 1.19 bits per heavy atom. The first-order valence-electron chi connectivity index (χ1n) is 4.44. The minimum atomic E-state index is -0.409. The Morgan fingerprint density at radius 3 is 2.69 bits per heavy atom. The van der Waals surface area contributed by atoms with E-state index in [1.54, 1.807) is 12.1 Å². The Morgan fingerprint density at radius 2 is 2.06 bits per heavy atom. The molecule has 2 rings (SSSR count). The normalized spacial score (nSPS) is 9.75. The molecular weight excluding hydrogens is 208 g/mol. The molecule has 0 aliphatic rings. The van der Waals surface area contributed by atoms with Crippen LogP contribution in [-0.4, -0.2) is 26.3 Å². The minimum Gasteiger partial charge on any atom is -0.382 e. The van der Waals surface area contributed by atoms with Gasteiger partial charge in [0.1, 0.15) is 5.82 Å². The summed E-state index contributed by atoms with van der Waals surface area (Å²) in [6.45, 7) is 0. The van der Waals surface area contributed by atoms with Crippen molar-refractivity contribution in [3.8, 4) is 0 Å². The highest BCUT2D eigenvalue weighted by Crippen LogP contribution is 2.02. The molecule has 0 bridgehead atoms. The van der Waals surface area contributed by atoms with Crippen molar-refractivity contribution in [3.63, 3.8) is 0 Å². The van der Waals surface area contributed by atoms with E-state index in [0.29, 0.717) is 5.82 Å². The number of carbonyl (C=O) groups excluding carboxylic acids is 1. The third-order valence-electron chi connectivity index (χ3n) is 1.73. The van der Waals surface area contributed by atoms with Crippen molar-refractivity contribution in [1.29, 1.82) is 0 Å². The van der Waals surface area contributed by atoms with Gasteiger partial charge < -0.3 is 11.1 Å². The predicted molar refractivity (Wildman–Crippen MR) is 56.4 cm³/mol. The van der Waals surface area contributed by atoms with Gasteiger partial charge in [-0.2, -0.15) is 5.10 Å². The monoisotopic (exact) mass is 216 g/mol. The van der Waals surface area contributed by atoms with Crippen molar-refractivity contribution in [2.75, 3.05) is 11.1 Å². The van der Waals surface area contributed by atoms with Crippen LogP contribution >= 0.6 is 0 Å². The Labute approximate surface area is 90.7 Å². The van der Waals surface area contributed by atoms with Crippen LogP contribution in [0, 0.1) is 0 Å². The summed E-state index contributed by atoms with van der Waals surface area (Å²) >= 11 is 0. The van der Waals surface area contributed by atoms with E-state index in [9.17, 15) is 4.79 Å². The molecule has 0 aliphatic carbocycles. The van der Waals surface area contributed by atoms with E-state index in [1.165, 1.54) is 18.3 Å². The SMILES string of the molecule is Nc1ccc(C(=O)Nc2cccnn2)nn1. The summed E-state index contributed by atoms with van der Waals surface area (Å²) < 4.78 is 0. The molecule has 7 nitrogen and oxygen atoms in total. The van der Waals surface area contributed by atoms with Gasteiger partial charge in [0.25, 0.3) is 5.91 Å². The number of amides is 1. The number of hydrogen-bond donors (Lipinski definition) is 2. The summed E-state index contributed by atoms with van der Waals surface area (Å²) in [5, 5.41) is 17.1. The zero-order valence-electron chi connectivity index (χ0n) is 8.16. The number of nitrogens with zero attached hydrogens (tertiary/aromatic N) is 4. The fraction of sp³-hybridized carbons (Fsp3) is 0. The Balaban J connectivity index is 2.12. The quantitative estimate of drug-likeness (QED) is 0.737. The van der Waals surface area contributed by atoms with Crippen LogP contribution in [0.25, 0.3) is 0 Å². The molecule has 0 saturated heterocycles. The van der Waals surface area contributed by atoms with Gasteiger partial charge in [-0.1, -0.05) is 0 Å². The zero-order valence-corrected chi connectivity index (χ0v) is 8.16. The highest BCUT2D eigenvalue weighted by atomic mass is 16.2. The summed E-state index contributed by atoms with van der Waals surface area (Å²) in [7, 11) is 0. The third kappa shape index (κ3) is 2.27. The molecule has 0 saturated carbocycles. The van der Waals surface area contributed by atoms with Gasteiger partial charge in [-0.25, -0.2) is 0 Å². The summed E-state index contributed by atoms with van der Waals surface area (Å²) in [5.74, 6) is 0.204. The molecule has 7 heteroatoms. The predicted octanol–water partition coefficient (Wildman–Crippen LogP) is 0.101. The van der Waals surface area contributed by atoms with Crippen LogP contribution in [0.15, 0.2) is 30.5 Å². The molecule has 0 aromatic carbocycles. The van der Waals surface area contributed by atoms with E-state index >= 15 is 0 Å². The van der Waals surface area contributed by atoms with Crippen LogP contribution in [-0.2, 0) is 0 Å². The van der Waals surface area contributed by atoms with E-state index in [1.807, 2.05) is 0 Å². The number of hydrogen-bond acceptors (Lipinski definition) is 6. The van der Waals surface area contributed by atoms with Crippen molar-refractivity contribution >= 4 is 17.5 Å². The topological polar surface area (TPSA) is 107 Å². The van der Waals surface area contributed by atoms with Crippen LogP contribution in [0.3, 0.4) is 0 Å². The van der Waals surface area contributed by atoms with Gasteiger partial charge in [-0.05, 0) is 24.3 Å². The fourth-order valence-corrected chi connectivity index (χ4v) is 1.01. The average Bonchev–Trinajstić information content (AvgIpc) is 2.31. The fourth-order valence-electron chi connectivity index (χ4n) is 1.01. The number of nitrogens with two attached hydrogens (primary N) is 1. The second-order valence-corrected chi connectivity index (χ2v) is 2.91. The van der Waals surface area contributed by atoms with Gasteiger partial charge in [0.15, 0.2) is 11.5 Å². The van der Waals surface area contributed by atoms with Gasteiger partial charge in [-0.15, -0.1) is 15.3 Å².